The molecule has 0 unspecified atom stereocenters. The molecule has 0 saturated carbocycles. The van der Waals surface area contributed by atoms with Crippen LogP contribution in [0, 0.1) is 0 Å². The predicted molar refractivity (Wildman–Crippen MR) is 60.4 cm³/mol. The summed E-state index contributed by atoms with van der Waals surface area (Å²) in [5, 5.41) is 18.7. The lowest BCUT2D eigenvalue weighted by Crippen LogP contribution is -1.86. The number of aromatic hydroxyl groups is 2. The minimum atomic E-state index is 0.167. The molecule has 16 heavy (non-hydrogen) atoms. The lowest BCUT2D eigenvalue weighted by molar-refractivity contribution is 0.475. The molecule has 0 atom stereocenters. The van der Waals surface area contributed by atoms with Crippen LogP contribution in [-0.4, -0.2) is 20.2 Å². The number of rotatable bonds is 0. The fraction of sp³-hybridized carbons (Fsp3) is 0. The molecular formula is C12H8N2O2. The molecule has 3 aromatic rings. The Morgan fingerprint density at radius 2 is 1.06 bits per heavy atom. The standard InChI is InChI=1S/C12H8N2O2/c15-7-1-3-9-11(5-7)14-10-4-2-8(16)6-12(10)13-9/h1-6,15-16H. The third kappa shape index (κ3) is 1.32. The Morgan fingerprint density at radius 3 is 1.50 bits per heavy atom. The lowest BCUT2D eigenvalue weighted by atomic mass is 10.2. The van der Waals surface area contributed by atoms with Crippen LogP contribution in [0.4, 0.5) is 0 Å². The van der Waals surface area contributed by atoms with Crippen LogP contribution in [-0.2, 0) is 0 Å². The van der Waals surface area contributed by atoms with E-state index in [1.54, 1.807) is 36.4 Å². The van der Waals surface area contributed by atoms with Gasteiger partial charge in [-0.05, 0) is 24.3 Å². The fourth-order valence-electron chi connectivity index (χ4n) is 1.65. The van der Waals surface area contributed by atoms with Gasteiger partial charge in [0, 0.05) is 12.1 Å². The molecule has 1 aromatic heterocycles. The molecule has 0 fully saturated rings. The summed E-state index contributed by atoms with van der Waals surface area (Å²) in [6, 6.07) is 9.64. The molecule has 4 nitrogen and oxygen atoms in total. The number of phenols is 2. The van der Waals surface area contributed by atoms with E-state index in [1.165, 1.54) is 0 Å². The lowest BCUT2D eigenvalue weighted by Gasteiger charge is -2.01. The van der Waals surface area contributed by atoms with Gasteiger partial charge in [0.05, 0.1) is 22.1 Å². The van der Waals surface area contributed by atoms with Crippen molar-refractivity contribution in [1.82, 2.24) is 9.97 Å². The molecule has 1 heterocycles. The summed E-state index contributed by atoms with van der Waals surface area (Å²) in [6.45, 7) is 0. The molecule has 0 bridgehead atoms. The van der Waals surface area contributed by atoms with E-state index < -0.39 is 0 Å². The Kier molecular flexibility index (Phi) is 1.71. The number of fused-ring (bicyclic) bond motifs is 2. The number of benzene rings is 2. The van der Waals surface area contributed by atoms with Gasteiger partial charge in [-0.3, -0.25) is 0 Å². The van der Waals surface area contributed by atoms with Gasteiger partial charge in [0.25, 0.3) is 0 Å². The smallest absolute Gasteiger partial charge is 0.117 e. The van der Waals surface area contributed by atoms with Crippen LogP contribution in [0.2, 0.25) is 0 Å². The predicted octanol–water partition coefficient (Wildman–Crippen LogP) is 2.19. The maximum atomic E-state index is 9.34. The summed E-state index contributed by atoms with van der Waals surface area (Å²) in [6.07, 6.45) is 0. The molecule has 0 spiro atoms. The highest BCUT2D eigenvalue weighted by molar-refractivity contribution is 5.87. The maximum absolute atomic E-state index is 9.34. The average molecular weight is 212 g/mol. The number of phenolic OH excluding ortho intramolecular Hbond substituents is 2. The summed E-state index contributed by atoms with van der Waals surface area (Å²) in [4.78, 5) is 8.69. The topological polar surface area (TPSA) is 66.2 Å². The first-order chi connectivity index (χ1) is 7.72. The van der Waals surface area contributed by atoms with E-state index in [4.69, 9.17) is 0 Å². The van der Waals surface area contributed by atoms with Gasteiger partial charge in [-0.15, -0.1) is 0 Å². The van der Waals surface area contributed by atoms with Gasteiger partial charge in [-0.1, -0.05) is 0 Å². The maximum Gasteiger partial charge on any atom is 0.117 e. The Morgan fingerprint density at radius 1 is 0.625 bits per heavy atom. The molecule has 2 aromatic carbocycles. The number of hydrogen-bond acceptors (Lipinski definition) is 4. The summed E-state index contributed by atoms with van der Waals surface area (Å²) in [5.41, 5.74) is 2.66. The quantitative estimate of drug-likeness (QED) is 0.560. The monoisotopic (exact) mass is 212 g/mol. The van der Waals surface area contributed by atoms with Gasteiger partial charge in [-0.2, -0.15) is 0 Å². The Hall–Kier alpha value is -2.36. The van der Waals surface area contributed by atoms with Crippen LogP contribution in [0.5, 0.6) is 11.5 Å². The van der Waals surface area contributed by atoms with Crippen LogP contribution in [0.15, 0.2) is 36.4 Å². The Labute approximate surface area is 90.8 Å². The number of aromatic nitrogens is 2. The van der Waals surface area contributed by atoms with E-state index in [1.807, 2.05) is 0 Å². The summed E-state index contributed by atoms with van der Waals surface area (Å²) < 4.78 is 0. The first-order valence-corrected chi connectivity index (χ1v) is 4.82. The SMILES string of the molecule is Oc1ccc2nc3cc(O)ccc3nc2c1. The number of nitrogens with zero attached hydrogens (tertiary/aromatic N) is 2. The molecule has 0 radical (unpaired) electrons. The summed E-state index contributed by atoms with van der Waals surface area (Å²) >= 11 is 0. The van der Waals surface area contributed by atoms with Crippen LogP contribution >= 0.6 is 0 Å². The van der Waals surface area contributed by atoms with Crippen molar-refractivity contribution in [2.75, 3.05) is 0 Å². The normalized spacial score (nSPS) is 11.0. The second kappa shape index (κ2) is 3.06. The summed E-state index contributed by atoms with van der Waals surface area (Å²) in [7, 11) is 0. The molecule has 0 amide bonds. The van der Waals surface area contributed by atoms with E-state index in [-0.39, 0.29) is 11.5 Å². The van der Waals surface area contributed by atoms with Gasteiger partial charge in [0.2, 0.25) is 0 Å². The van der Waals surface area contributed by atoms with Crippen molar-refractivity contribution in [3.8, 4) is 11.5 Å². The van der Waals surface area contributed by atoms with E-state index in [2.05, 4.69) is 9.97 Å². The fourth-order valence-corrected chi connectivity index (χ4v) is 1.65. The highest BCUT2D eigenvalue weighted by Gasteiger charge is 2.02. The van der Waals surface area contributed by atoms with Crippen molar-refractivity contribution in [2.45, 2.75) is 0 Å². The molecule has 0 aliphatic heterocycles. The molecule has 78 valence electrons. The highest BCUT2D eigenvalue weighted by atomic mass is 16.3. The van der Waals surface area contributed by atoms with Crippen molar-refractivity contribution in [3.05, 3.63) is 36.4 Å². The van der Waals surface area contributed by atoms with Crippen molar-refractivity contribution in [1.29, 1.82) is 0 Å². The van der Waals surface area contributed by atoms with Gasteiger partial charge in [-0.25, -0.2) is 9.97 Å². The highest BCUT2D eigenvalue weighted by Crippen LogP contribution is 2.22. The van der Waals surface area contributed by atoms with Gasteiger partial charge >= 0.3 is 0 Å². The first-order valence-electron chi connectivity index (χ1n) is 4.82. The molecule has 0 saturated heterocycles. The third-order valence-corrected chi connectivity index (χ3v) is 2.40. The second-order valence-electron chi connectivity index (χ2n) is 3.57. The summed E-state index contributed by atoms with van der Waals surface area (Å²) in [5.74, 6) is 0.333. The van der Waals surface area contributed by atoms with Crippen LogP contribution in [0.25, 0.3) is 22.1 Å². The zero-order chi connectivity index (χ0) is 11.1. The largest absolute Gasteiger partial charge is 0.508 e. The van der Waals surface area contributed by atoms with E-state index >= 15 is 0 Å². The molecular weight excluding hydrogens is 204 g/mol. The zero-order valence-electron chi connectivity index (χ0n) is 8.25. The van der Waals surface area contributed by atoms with Crippen LogP contribution in [0.1, 0.15) is 0 Å². The van der Waals surface area contributed by atoms with Crippen molar-refractivity contribution >= 4 is 22.1 Å². The van der Waals surface area contributed by atoms with Crippen LogP contribution in [0.3, 0.4) is 0 Å². The minimum Gasteiger partial charge on any atom is -0.508 e. The number of hydrogen-bond donors (Lipinski definition) is 2. The van der Waals surface area contributed by atoms with Crippen molar-refractivity contribution in [3.63, 3.8) is 0 Å². The third-order valence-electron chi connectivity index (χ3n) is 2.40. The Bertz CT molecular complexity index is 633. The van der Waals surface area contributed by atoms with Gasteiger partial charge < -0.3 is 10.2 Å². The van der Waals surface area contributed by atoms with Crippen molar-refractivity contribution in [2.24, 2.45) is 0 Å². The zero-order valence-corrected chi connectivity index (χ0v) is 8.25. The molecule has 3 rings (SSSR count). The van der Waals surface area contributed by atoms with E-state index in [0.29, 0.717) is 22.1 Å². The van der Waals surface area contributed by atoms with Crippen LogP contribution < -0.4 is 0 Å². The second-order valence-corrected chi connectivity index (χ2v) is 3.57. The van der Waals surface area contributed by atoms with E-state index in [9.17, 15) is 10.2 Å². The average Bonchev–Trinajstić information content (AvgIpc) is 2.26. The van der Waals surface area contributed by atoms with Gasteiger partial charge in [0.1, 0.15) is 11.5 Å². The molecule has 0 aliphatic carbocycles. The van der Waals surface area contributed by atoms with Gasteiger partial charge in [0.15, 0.2) is 0 Å². The first kappa shape index (κ1) is 8.91. The van der Waals surface area contributed by atoms with Crippen molar-refractivity contribution < 1.29 is 10.2 Å². The molecule has 2 N–H and O–H groups in total. The van der Waals surface area contributed by atoms with E-state index in [0.717, 1.165) is 0 Å². The molecule has 4 heteroatoms. The minimum absolute atomic E-state index is 0.167. The molecule has 0 aliphatic rings. The Balaban J connectivity index is 2.44.